The minimum Gasteiger partial charge on any atom is -0.493 e. The van der Waals surface area contributed by atoms with Crippen LogP contribution in [0.1, 0.15) is 40.3 Å². The number of rotatable bonds is 8. The van der Waals surface area contributed by atoms with Crippen molar-refractivity contribution in [3.05, 3.63) is 75.3 Å². The van der Waals surface area contributed by atoms with Gasteiger partial charge in [-0.2, -0.15) is 9.78 Å². The van der Waals surface area contributed by atoms with Crippen molar-refractivity contribution in [2.24, 2.45) is 0 Å². The standard InChI is InChI=1S/C25H25FN6O6/c1-4-36-24(33)16-12-27-30-23(16)32-25(34)29-22(31-32)19(28-14-7-5-13(2)6-8-14)15-11-17(35-3)20-21(18(15)26)38-10-9-37-20/h5-8,11-12,19,28H,4,9-10H2,1-3H3,(H,27,30)(H,29,31,34). The summed E-state index contributed by atoms with van der Waals surface area (Å²) < 4.78 is 38.5. The van der Waals surface area contributed by atoms with Gasteiger partial charge in [-0.05, 0) is 32.0 Å². The lowest BCUT2D eigenvalue weighted by molar-refractivity contribution is 0.0526. The van der Waals surface area contributed by atoms with Gasteiger partial charge in [-0.1, -0.05) is 17.7 Å². The molecule has 38 heavy (non-hydrogen) atoms. The Labute approximate surface area is 215 Å². The molecule has 5 rings (SSSR count). The van der Waals surface area contributed by atoms with Crippen LogP contribution in [0.5, 0.6) is 17.2 Å². The van der Waals surface area contributed by atoms with Gasteiger partial charge in [0.15, 0.2) is 23.2 Å². The summed E-state index contributed by atoms with van der Waals surface area (Å²) in [7, 11) is 1.43. The Morgan fingerprint density at radius 1 is 1.24 bits per heavy atom. The average Bonchev–Trinajstić information content (AvgIpc) is 3.56. The van der Waals surface area contributed by atoms with Crippen LogP contribution in [0.2, 0.25) is 0 Å². The van der Waals surface area contributed by atoms with E-state index < -0.39 is 23.5 Å². The number of hydrogen-bond donors (Lipinski definition) is 3. The second-order valence-electron chi connectivity index (χ2n) is 8.36. The molecule has 1 atom stereocenters. The Morgan fingerprint density at radius 3 is 2.68 bits per heavy atom. The zero-order chi connectivity index (χ0) is 26.8. The number of aromatic amines is 2. The molecule has 0 fully saturated rings. The highest BCUT2D eigenvalue weighted by Crippen LogP contribution is 2.45. The van der Waals surface area contributed by atoms with Gasteiger partial charge in [-0.25, -0.2) is 14.0 Å². The van der Waals surface area contributed by atoms with Crippen molar-refractivity contribution in [3.8, 4) is 23.1 Å². The molecular weight excluding hydrogens is 499 g/mol. The number of esters is 1. The molecule has 3 heterocycles. The first-order chi connectivity index (χ1) is 18.4. The van der Waals surface area contributed by atoms with Crippen molar-refractivity contribution in [2.45, 2.75) is 19.9 Å². The largest absolute Gasteiger partial charge is 0.493 e. The van der Waals surface area contributed by atoms with Crippen molar-refractivity contribution in [2.75, 3.05) is 32.2 Å². The van der Waals surface area contributed by atoms with Crippen LogP contribution in [-0.2, 0) is 4.74 Å². The van der Waals surface area contributed by atoms with E-state index in [0.29, 0.717) is 5.69 Å². The van der Waals surface area contributed by atoms with E-state index in [-0.39, 0.29) is 59.8 Å². The summed E-state index contributed by atoms with van der Waals surface area (Å²) in [6.07, 6.45) is 1.24. The molecular formula is C25H25FN6O6. The highest BCUT2D eigenvalue weighted by Gasteiger charge is 2.31. The fourth-order valence-corrected chi connectivity index (χ4v) is 4.06. The molecule has 0 bridgehead atoms. The fourth-order valence-electron chi connectivity index (χ4n) is 4.06. The molecule has 1 unspecified atom stereocenters. The van der Waals surface area contributed by atoms with Crippen molar-refractivity contribution >= 4 is 11.7 Å². The molecule has 0 saturated heterocycles. The number of methoxy groups -OCH3 is 1. The number of nitrogens with zero attached hydrogens (tertiary/aromatic N) is 3. The highest BCUT2D eigenvalue weighted by atomic mass is 19.1. The average molecular weight is 525 g/mol. The number of benzene rings is 2. The molecule has 3 N–H and O–H groups in total. The minimum absolute atomic E-state index is 0.00487. The quantitative estimate of drug-likeness (QED) is 0.296. The van der Waals surface area contributed by atoms with Crippen molar-refractivity contribution < 1.29 is 28.1 Å². The van der Waals surface area contributed by atoms with E-state index in [1.54, 1.807) is 6.92 Å². The monoisotopic (exact) mass is 524 g/mol. The molecule has 0 amide bonds. The number of fused-ring (bicyclic) bond motifs is 1. The van der Waals surface area contributed by atoms with Gasteiger partial charge in [0.05, 0.1) is 19.9 Å². The maximum absolute atomic E-state index is 15.9. The van der Waals surface area contributed by atoms with Crippen LogP contribution >= 0.6 is 0 Å². The van der Waals surface area contributed by atoms with Gasteiger partial charge in [0.25, 0.3) is 0 Å². The first-order valence-electron chi connectivity index (χ1n) is 11.8. The Balaban J connectivity index is 1.64. The van der Waals surface area contributed by atoms with Gasteiger partial charge in [0, 0.05) is 11.3 Å². The summed E-state index contributed by atoms with van der Waals surface area (Å²) in [6, 6.07) is 7.86. The third-order valence-corrected chi connectivity index (χ3v) is 5.87. The molecule has 0 aliphatic carbocycles. The van der Waals surface area contributed by atoms with E-state index in [4.69, 9.17) is 18.9 Å². The van der Waals surface area contributed by atoms with Gasteiger partial charge < -0.3 is 24.3 Å². The zero-order valence-corrected chi connectivity index (χ0v) is 20.8. The number of halogens is 1. The van der Waals surface area contributed by atoms with Crippen LogP contribution in [0.4, 0.5) is 10.1 Å². The summed E-state index contributed by atoms with van der Waals surface area (Å²) in [5, 5.41) is 14.1. The molecule has 2 aromatic carbocycles. The molecule has 0 radical (unpaired) electrons. The lowest BCUT2D eigenvalue weighted by atomic mass is 10.0. The second kappa shape index (κ2) is 10.3. The number of carbonyl (C=O) groups is 1. The molecule has 0 spiro atoms. The fraction of sp³-hybridized carbons (Fsp3) is 0.280. The van der Waals surface area contributed by atoms with Crippen molar-refractivity contribution in [1.82, 2.24) is 25.0 Å². The van der Waals surface area contributed by atoms with Crippen molar-refractivity contribution in [1.29, 1.82) is 0 Å². The minimum atomic E-state index is -1.01. The molecule has 1 aliphatic heterocycles. The van der Waals surface area contributed by atoms with Crippen molar-refractivity contribution in [3.63, 3.8) is 0 Å². The number of ether oxygens (including phenoxy) is 4. The summed E-state index contributed by atoms with van der Waals surface area (Å²) >= 11 is 0. The smallest absolute Gasteiger partial charge is 0.349 e. The topological polar surface area (TPSA) is 145 Å². The Bertz CT molecular complexity index is 1530. The van der Waals surface area contributed by atoms with E-state index in [2.05, 4.69) is 25.6 Å². The van der Waals surface area contributed by atoms with Crippen LogP contribution in [0.15, 0.2) is 41.3 Å². The van der Waals surface area contributed by atoms with E-state index >= 15 is 4.39 Å². The molecule has 13 heteroatoms. The zero-order valence-electron chi connectivity index (χ0n) is 20.8. The first kappa shape index (κ1) is 24.9. The Kier molecular flexibility index (Phi) is 6.73. The van der Waals surface area contributed by atoms with Crippen LogP contribution in [-0.4, -0.2) is 57.9 Å². The second-order valence-corrected chi connectivity index (χ2v) is 8.36. The number of aryl methyl sites for hydroxylation is 1. The molecule has 12 nitrogen and oxygen atoms in total. The number of carbonyl (C=O) groups excluding carboxylic acids is 1. The van der Waals surface area contributed by atoms with Gasteiger partial charge in [0.1, 0.15) is 24.8 Å². The van der Waals surface area contributed by atoms with E-state index in [0.717, 1.165) is 10.2 Å². The third kappa shape index (κ3) is 4.53. The maximum Gasteiger partial charge on any atom is 0.349 e. The number of aromatic nitrogens is 5. The highest BCUT2D eigenvalue weighted by molar-refractivity contribution is 5.92. The molecule has 2 aromatic heterocycles. The number of H-pyrrole nitrogens is 2. The summed E-state index contributed by atoms with van der Waals surface area (Å²) in [6.45, 7) is 4.15. The summed E-state index contributed by atoms with van der Waals surface area (Å²) in [5.74, 6) is -1.00. The maximum atomic E-state index is 15.9. The number of nitrogens with one attached hydrogen (secondary N) is 3. The van der Waals surface area contributed by atoms with E-state index in [1.165, 1.54) is 19.4 Å². The molecule has 1 aliphatic rings. The number of hydrogen-bond acceptors (Lipinski definition) is 9. The lowest BCUT2D eigenvalue weighted by Gasteiger charge is -2.25. The van der Waals surface area contributed by atoms with Gasteiger partial charge >= 0.3 is 11.7 Å². The molecule has 0 saturated carbocycles. The predicted octanol–water partition coefficient (Wildman–Crippen LogP) is 2.89. The van der Waals surface area contributed by atoms with Crippen LogP contribution < -0.4 is 25.2 Å². The predicted molar refractivity (Wildman–Crippen MR) is 133 cm³/mol. The molecule has 198 valence electrons. The summed E-state index contributed by atoms with van der Waals surface area (Å²) in [5.41, 5.74) is 1.08. The molecule has 4 aromatic rings. The SMILES string of the molecule is CCOC(=O)c1cn[nH]c1-n1nc(C(Nc2ccc(C)cc2)c2cc(OC)c3c(c2F)OCCO3)[nH]c1=O. The lowest BCUT2D eigenvalue weighted by Crippen LogP contribution is -2.21. The Hall–Kier alpha value is -4.81. The van der Waals surface area contributed by atoms with E-state index in [1.807, 2.05) is 31.2 Å². The van der Waals surface area contributed by atoms with Gasteiger partial charge in [-0.15, -0.1) is 5.10 Å². The number of anilines is 1. The van der Waals surface area contributed by atoms with Crippen LogP contribution in [0.25, 0.3) is 5.82 Å². The third-order valence-electron chi connectivity index (χ3n) is 5.87. The summed E-state index contributed by atoms with van der Waals surface area (Å²) in [4.78, 5) is 28.0. The normalized spacial score (nSPS) is 13.2. The van der Waals surface area contributed by atoms with Crippen LogP contribution in [0, 0.1) is 12.7 Å². The van der Waals surface area contributed by atoms with Gasteiger partial charge in [-0.3, -0.25) is 10.1 Å². The Morgan fingerprint density at radius 2 is 1.97 bits per heavy atom. The first-order valence-corrected chi connectivity index (χ1v) is 11.8. The van der Waals surface area contributed by atoms with Crippen LogP contribution in [0.3, 0.4) is 0 Å². The van der Waals surface area contributed by atoms with E-state index in [9.17, 15) is 9.59 Å². The van der Waals surface area contributed by atoms with Gasteiger partial charge in [0.2, 0.25) is 11.5 Å².